The molecule has 0 fully saturated rings. The van der Waals surface area contributed by atoms with E-state index < -0.39 is 16.0 Å². The van der Waals surface area contributed by atoms with Gasteiger partial charge >= 0.3 is 5.97 Å². The molecule has 0 bridgehead atoms. The molecule has 0 aromatic heterocycles. The summed E-state index contributed by atoms with van der Waals surface area (Å²) in [6.45, 7) is 2.14. The van der Waals surface area contributed by atoms with Gasteiger partial charge in [0.15, 0.2) is 0 Å². The maximum absolute atomic E-state index is 11.7. The summed E-state index contributed by atoms with van der Waals surface area (Å²) in [5.74, 6) is 1.71. The molecule has 0 aliphatic rings. The lowest BCUT2D eigenvalue weighted by Gasteiger charge is -2.06. The summed E-state index contributed by atoms with van der Waals surface area (Å²) in [6.07, 6.45) is 5.72. The molecule has 102 valence electrons. The standard InChI is InChI=1S/C13H15NO4S/c1-3-9-14-19(16,17)12-7-5-11(6-8-12)13(15)18-10-4-2/h1,5-8,14H,4,9-10H2,2H3. The van der Waals surface area contributed by atoms with Gasteiger partial charge in [-0.05, 0) is 30.7 Å². The molecule has 0 heterocycles. The summed E-state index contributed by atoms with van der Waals surface area (Å²) in [5.41, 5.74) is 0.310. The molecule has 5 nitrogen and oxygen atoms in total. The average Bonchev–Trinajstić information content (AvgIpc) is 2.42. The van der Waals surface area contributed by atoms with Gasteiger partial charge in [-0.15, -0.1) is 6.42 Å². The number of nitrogens with one attached hydrogen (secondary N) is 1. The summed E-state index contributed by atoms with van der Waals surface area (Å²) < 4.78 is 30.6. The first kappa shape index (κ1) is 15.2. The van der Waals surface area contributed by atoms with Crippen molar-refractivity contribution in [2.75, 3.05) is 13.2 Å². The number of sulfonamides is 1. The number of carbonyl (C=O) groups is 1. The van der Waals surface area contributed by atoms with E-state index in [1.54, 1.807) is 0 Å². The Morgan fingerprint density at radius 1 is 1.37 bits per heavy atom. The van der Waals surface area contributed by atoms with Crippen molar-refractivity contribution in [3.63, 3.8) is 0 Å². The predicted octanol–water partition coefficient (Wildman–Crippen LogP) is 1.16. The van der Waals surface area contributed by atoms with Gasteiger partial charge in [0.05, 0.1) is 23.6 Å². The minimum atomic E-state index is -3.63. The third-order valence-electron chi connectivity index (χ3n) is 2.20. The van der Waals surface area contributed by atoms with Crippen LogP contribution in [0.5, 0.6) is 0 Å². The quantitative estimate of drug-likeness (QED) is 0.627. The summed E-state index contributed by atoms with van der Waals surface area (Å²) in [7, 11) is -3.63. The molecule has 19 heavy (non-hydrogen) atoms. The van der Waals surface area contributed by atoms with E-state index in [9.17, 15) is 13.2 Å². The Labute approximate surface area is 113 Å². The molecule has 0 saturated carbocycles. The van der Waals surface area contributed by atoms with Gasteiger partial charge in [0, 0.05) is 0 Å². The fraction of sp³-hybridized carbons (Fsp3) is 0.308. The predicted molar refractivity (Wildman–Crippen MR) is 71.0 cm³/mol. The maximum atomic E-state index is 11.7. The molecule has 1 aromatic carbocycles. The molecule has 1 rings (SSSR count). The van der Waals surface area contributed by atoms with Gasteiger partial charge in [-0.25, -0.2) is 13.2 Å². The van der Waals surface area contributed by atoms with Crippen molar-refractivity contribution in [3.8, 4) is 12.3 Å². The smallest absolute Gasteiger partial charge is 0.338 e. The Morgan fingerprint density at radius 3 is 2.53 bits per heavy atom. The molecular weight excluding hydrogens is 266 g/mol. The Kier molecular flexibility index (Phi) is 5.55. The molecule has 1 aromatic rings. The first-order chi connectivity index (χ1) is 9.01. The molecule has 0 atom stereocenters. The fourth-order valence-corrected chi connectivity index (χ4v) is 2.20. The van der Waals surface area contributed by atoms with Crippen LogP contribution in [0.15, 0.2) is 29.2 Å². The SMILES string of the molecule is C#CCNS(=O)(=O)c1ccc(C(=O)OCCC)cc1. The van der Waals surface area contributed by atoms with Crippen LogP contribution >= 0.6 is 0 Å². The zero-order chi connectivity index (χ0) is 14.3. The molecule has 0 spiro atoms. The highest BCUT2D eigenvalue weighted by Crippen LogP contribution is 2.11. The summed E-state index contributed by atoms with van der Waals surface area (Å²) >= 11 is 0. The summed E-state index contributed by atoms with van der Waals surface area (Å²) in [6, 6.07) is 5.48. The molecule has 0 aliphatic carbocycles. The molecular formula is C13H15NO4S. The minimum absolute atomic E-state index is 0.0507. The van der Waals surface area contributed by atoms with E-state index in [4.69, 9.17) is 11.2 Å². The van der Waals surface area contributed by atoms with Crippen LogP contribution in [-0.2, 0) is 14.8 Å². The number of carbonyl (C=O) groups excluding carboxylic acids is 1. The van der Waals surface area contributed by atoms with Crippen molar-refractivity contribution in [2.24, 2.45) is 0 Å². The van der Waals surface area contributed by atoms with E-state index in [0.29, 0.717) is 12.2 Å². The third-order valence-corrected chi connectivity index (χ3v) is 3.62. The van der Waals surface area contributed by atoms with Crippen LogP contribution in [0, 0.1) is 12.3 Å². The van der Waals surface area contributed by atoms with Crippen LogP contribution in [-0.4, -0.2) is 27.5 Å². The molecule has 0 aliphatic heterocycles. The van der Waals surface area contributed by atoms with E-state index in [1.807, 2.05) is 6.92 Å². The number of benzene rings is 1. The number of rotatable bonds is 6. The fourth-order valence-electron chi connectivity index (χ4n) is 1.27. The lowest BCUT2D eigenvalue weighted by atomic mass is 10.2. The largest absolute Gasteiger partial charge is 0.462 e. The van der Waals surface area contributed by atoms with Crippen LogP contribution in [0.2, 0.25) is 0 Å². The monoisotopic (exact) mass is 281 g/mol. The van der Waals surface area contributed by atoms with E-state index in [1.165, 1.54) is 24.3 Å². The van der Waals surface area contributed by atoms with Crippen LogP contribution in [0.25, 0.3) is 0 Å². The highest BCUT2D eigenvalue weighted by Gasteiger charge is 2.14. The van der Waals surface area contributed by atoms with E-state index in [2.05, 4.69) is 10.6 Å². The van der Waals surface area contributed by atoms with Crippen molar-refractivity contribution in [3.05, 3.63) is 29.8 Å². The molecule has 1 N–H and O–H groups in total. The van der Waals surface area contributed by atoms with Crippen LogP contribution in [0.1, 0.15) is 23.7 Å². The van der Waals surface area contributed by atoms with Crippen LogP contribution < -0.4 is 4.72 Å². The zero-order valence-electron chi connectivity index (χ0n) is 10.5. The second-order valence-corrected chi connectivity index (χ2v) is 5.46. The van der Waals surface area contributed by atoms with Crippen molar-refractivity contribution in [2.45, 2.75) is 18.2 Å². The lowest BCUT2D eigenvalue weighted by Crippen LogP contribution is -2.23. The van der Waals surface area contributed by atoms with Gasteiger partial charge in [-0.1, -0.05) is 12.8 Å². The third kappa shape index (κ3) is 4.39. The van der Waals surface area contributed by atoms with Gasteiger partial charge in [0.2, 0.25) is 10.0 Å². The Hall–Kier alpha value is -1.84. The second-order valence-electron chi connectivity index (χ2n) is 3.69. The van der Waals surface area contributed by atoms with Crippen LogP contribution in [0.4, 0.5) is 0 Å². The van der Waals surface area contributed by atoms with Gasteiger partial charge < -0.3 is 4.74 Å². The van der Waals surface area contributed by atoms with E-state index in [0.717, 1.165) is 6.42 Å². The number of esters is 1. The summed E-state index contributed by atoms with van der Waals surface area (Å²) in [4.78, 5) is 11.6. The number of terminal acetylenes is 1. The second kappa shape index (κ2) is 6.92. The van der Waals surface area contributed by atoms with Gasteiger partial charge in [0.1, 0.15) is 0 Å². The number of ether oxygens (including phenoxy) is 1. The number of hydrogen-bond donors (Lipinski definition) is 1. The first-order valence-electron chi connectivity index (χ1n) is 5.71. The minimum Gasteiger partial charge on any atom is -0.462 e. The Bertz CT molecular complexity index is 570. The molecule has 0 saturated heterocycles. The van der Waals surface area contributed by atoms with Crippen molar-refractivity contribution in [1.82, 2.24) is 4.72 Å². The molecule has 0 amide bonds. The Morgan fingerprint density at radius 2 is 2.00 bits per heavy atom. The zero-order valence-corrected chi connectivity index (χ0v) is 11.4. The highest BCUT2D eigenvalue weighted by atomic mass is 32.2. The summed E-state index contributed by atoms with van der Waals surface area (Å²) in [5, 5.41) is 0. The molecule has 0 unspecified atom stereocenters. The van der Waals surface area contributed by atoms with Gasteiger partial charge in [-0.3, -0.25) is 0 Å². The molecule has 0 radical (unpaired) electrons. The van der Waals surface area contributed by atoms with Crippen molar-refractivity contribution >= 4 is 16.0 Å². The lowest BCUT2D eigenvalue weighted by molar-refractivity contribution is 0.0505. The van der Waals surface area contributed by atoms with E-state index in [-0.39, 0.29) is 11.4 Å². The van der Waals surface area contributed by atoms with Gasteiger partial charge in [-0.2, -0.15) is 4.72 Å². The Balaban J connectivity index is 2.82. The first-order valence-corrected chi connectivity index (χ1v) is 7.20. The normalized spacial score (nSPS) is 10.7. The highest BCUT2D eigenvalue weighted by molar-refractivity contribution is 7.89. The number of hydrogen-bond acceptors (Lipinski definition) is 4. The van der Waals surface area contributed by atoms with Crippen LogP contribution in [0.3, 0.4) is 0 Å². The van der Waals surface area contributed by atoms with Crippen molar-refractivity contribution in [1.29, 1.82) is 0 Å². The van der Waals surface area contributed by atoms with E-state index >= 15 is 0 Å². The molecule has 6 heteroatoms. The van der Waals surface area contributed by atoms with Gasteiger partial charge in [0.25, 0.3) is 0 Å². The maximum Gasteiger partial charge on any atom is 0.338 e. The van der Waals surface area contributed by atoms with Crippen molar-refractivity contribution < 1.29 is 17.9 Å². The topological polar surface area (TPSA) is 72.5 Å². The average molecular weight is 281 g/mol.